The van der Waals surface area contributed by atoms with E-state index in [1.807, 2.05) is 12.2 Å². The Morgan fingerprint density at radius 2 is 1.58 bits per heavy atom. The van der Waals surface area contributed by atoms with Gasteiger partial charge in [0, 0.05) is 0 Å². The van der Waals surface area contributed by atoms with Crippen LogP contribution in [0.1, 0.15) is 30.9 Å². The lowest BCUT2D eigenvalue weighted by molar-refractivity contribution is 0.674. The third-order valence-corrected chi connectivity index (χ3v) is 5.06. The Bertz CT molecular complexity index is 806. The molecule has 0 N–H and O–H groups in total. The number of benzene rings is 2. The Balaban J connectivity index is 2.38. The minimum atomic E-state index is -0.290. The lowest BCUT2D eigenvalue weighted by Crippen LogP contribution is -2.32. The van der Waals surface area contributed by atoms with Crippen LogP contribution in [0.5, 0.6) is 0 Å². The molecule has 0 fully saturated rings. The fourth-order valence-corrected chi connectivity index (χ4v) is 3.96. The number of hydrogen-bond acceptors (Lipinski definition) is 0. The van der Waals surface area contributed by atoms with Crippen molar-refractivity contribution in [2.24, 2.45) is 0 Å². The van der Waals surface area contributed by atoms with Crippen molar-refractivity contribution >= 4 is 0 Å². The summed E-state index contributed by atoms with van der Waals surface area (Å²) in [6, 6.07) is 21.7. The summed E-state index contributed by atoms with van der Waals surface area (Å²) in [5.74, 6) is 0. The van der Waals surface area contributed by atoms with E-state index >= 15 is 0 Å². The minimum Gasteiger partial charge on any atom is -0.0991 e. The summed E-state index contributed by atoms with van der Waals surface area (Å²) < 4.78 is 0. The molecule has 0 aliphatic heterocycles. The van der Waals surface area contributed by atoms with Gasteiger partial charge in [0.2, 0.25) is 0 Å². The first-order valence-electron chi connectivity index (χ1n) is 9.27. The lowest BCUT2D eigenvalue weighted by Gasteiger charge is -2.40. The van der Waals surface area contributed by atoms with Crippen LogP contribution in [0, 0.1) is 0 Å². The Morgan fingerprint density at radius 3 is 2.04 bits per heavy atom. The average molecular weight is 338 g/mol. The second-order valence-electron chi connectivity index (χ2n) is 6.48. The maximum Gasteiger partial charge on any atom is 0.0661 e. The molecular weight excluding hydrogens is 312 g/mol. The van der Waals surface area contributed by atoms with Gasteiger partial charge in [0.15, 0.2) is 0 Å². The zero-order chi connectivity index (χ0) is 18.2. The van der Waals surface area contributed by atoms with E-state index in [0.29, 0.717) is 0 Å². The highest BCUT2D eigenvalue weighted by Gasteiger charge is 2.40. The smallest absolute Gasteiger partial charge is 0.0661 e. The highest BCUT2D eigenvalue weighted by Crippen LogP contribution is 2.48. The zero-order valence-corrected chi connectivity index (χ0v) is 15.4. The molecule has 130 valence electrons. The van der Waals surface area contributed by atoms with Gasteiger partial charge in [0.1, 0.15) is 0 Å². The molecule has 26 heavy (non-hydrogen) atoms. The summed E-state index contributed by atoms with van der Waals surface area (Å²) in [5.41, 5.74) is 5.02. The number of hydrogen-bond donors (Lipinski definition) is 0. The van der Waals surface area contributed by atoms with Crippen LogP contribution in [0.15, 0.2) is 121 Å². The van der Waals surface area contributed by atoms with Gasteiger partial charge in [-0.2, -0.15) is 0 Å². The van der Waals surface area contributed by atoms with Crippen LogP contribution in [-0.4, -0.2) is 0 Å². The molecule has 0 amide bonds. The second kappa shape index (κ2) is 8.49. The van der Waals surface area contributed by atoms with E-state index in [0.717, 1.165) is 12.8 Å². The highest BCUT2D eigenvalue weighted by atomic mass is 14.4. The molecule has 1 aliphatic rings. The van der Waals surface area contributed by atoms with Gasteiger partial charge >= 0.3 is 0 Å². The molecule has 2 aromatic rings. The fourth-order valence-electron chi connectivity index (χ4n) is 3.96. The van der Waals surface area contributed by atoms with Crippen molar-refractivity contribution in [2.45, 2.75) is 25.2 Å². The van der Waals surface area contributed by atoms with Crippen LogP contribution < -0.4 is 0 Å². The van der Waals surface area contributed by atoms with Crippen molar-refractivity contribution in [3.8, 4) is 0 Å². The number of allylic oxidation sites excluding steroid dienone is 9. The second-order valence-corrected chi connectivity index (χ2v) is 6.48. The summed E-state index contributed by atoms with van der Waals surface area (Å²) in [5, 5.41) is 0. The third kappa shape index (κ3) is 3.28. The van der Waals surface area contributed by atoms with Gasteiger partial charge in [0.25, 0.3) is 0 Å². The van der Waals surface area contributed by atoms with Gasteiger partial charge in [-0.1, -0.05) is 115 Å². The Labute approximate surface area is 157 Å². The van der Waals surface area contributed by atoms with E-state index in [1.165, 1.54) is 22.3 Å². The minimum absolute atomic E-state index is 0.290. The van der Waals surface area contributed by atoms with Gasteiger partial charge in [-0.3, -0.25) is 0 Å². The summed E-state index contributed by atoms with van der Waals surface area (Å²) in [6.45, 7) is 5.99. The highest BCUT2D eigenvalue weighted by molar-refractivity contribution is 5.61. The maximum atomic E-state index is 3.87. The van der Waals surface area contributed by atoms with Crippen LogP contribution in [0.2, 0.25) is 0 Å². The van der Waals surface area contributed by atoms with Crippen LogP contribution in [0.25, 0.3) is 0 Å². The molecular formula is C26H26. The van der Waals surface area contributed by atoms with E-state index in [4.69, 9.17) is 0 Å². The van der Waals surface area contributed by atoms with Crippen LogP contribution in [0.4, 0.5) is 0 Å². The molecule has 3 rings (SSSR count). The predicted molar refractivity (Wildman–Crippen MR) is 113 cm³/mol. The van der Waals surface area contributed by atoms with E-state index in [-0.39, 0.29) is 5.41 Å². The molecule has 0 radical (unpaired) electrons. The van der Waals surface area contributed by atoms with Gasteiger partial charge in [-0.15, -0.1) is 0 Å². The van der Waals surface area contributed by atoms with Crippen molar-refractivity contribution in [3.63, 3.8) is 0 Å². The maximum absolute atomic E-state index is 3.87. The third-order valence-electron chi connectivity index (χ3n) is 5.06. The largest absolute Gasteiger partial charge is 0.0991 e. The average Bonchev–Trinajstić information content (AvgIpc) is 2.73. The van der Waals surface area contributed by atoms with Gasteiger partial charge < -0.3 is 0 Å². The fraction of sp³-hybridized carbons (Fsp3) is 0.154. The molecule has 0 heteroatoms. The standard InChI is InChI=1S/C26H26/c1-3-5-15-22(4-2)26(23-16-9-6-10-17-23,24-18-11-7-12-19-24)25-20-13-8-14-21-25/h3-13,15-20H,1,14,21H2,2H3/b15-5-,22-4+. The first-order valence-corrected chi connectivity index (χ1v) is 9.27. The van der Waals surface area contributed by atoms with Crippen LogP contribution in [-0.2, 0) is 5.41 Å². The summed E-state index contributed by atoms with van der Waals surface area (Å²) >= 11 is 0. The quantitative estimate of drug-likeness (QED) is 0.501. The number of rotatable bonds is 6. The molecule has 1 aliphatic carbocycles. The first-order chi connectivity index (χ1) is 12.8. The van der Waals surface area contributed by atoms with Gasteiger partial charge in [0.05, 0.1) is 5.41 Å². The van der Waals surface area contributed by atoms with Crippen LogP contribution in [0.3, 0.4) is 0 Å². The molecule has 0 unspecified atom stereocenters. The van der Waals surface area contributed by atoms with Crippen molar-refractivity contribution in [2.75, 3.05) is 0 Å². The normalized spacial score (nSPS) is 15.1. The summed E-state index contributed by atoms with van der Waals surface area (Å²) in [4.78, 5) is 0. The summed E-state index contributed by atoms with van der Waals surface area (Å²) in [7, 11) is 0. The molecule has 0 heterocycles. The summed E-state index contributed by atoms with van der Waals surface area (Å²) in [6.07, 6.45) is 17.2. The molecule has 0 nitrogen and oxygen atoms in total. The SMILES string of the molecule is C=C/C=C\C(=C/C)C(C1=CC=CCC1)(c1ccccc1)c1ccccc1. The van der Waals surface area contributed by atoms with Gasteiger partial charge in [-0.05, 0) is 36.5 Å². The molecule has 0 bridgehead atoms. The zero-order valence-electron chi connectivity index (χ0n) is 15.4. The molecule has 0 saturated heterocycles. The van der Waals surface area contributed by atoms with Crippen molar-refractivity contribution in [1.82, 2.24) is 0 Å². The van der Waals surface area contributed by atoms with Crippen molar-refractivity contribution in [1.29, 1.82) is 0 Å². The molecule has 0 atom stereocenters. The monoisotopic (exact) mass is 338 g/mol. The molecule has 2 aromatic carbocycles. The Morgan fingerprint density at radius 1 is 0.962 bits per heavy atom. The lowest BCUT2D eigenvalue weighted by atomic mass is 9.62. The van der Waals surface area contributed by atoms with E-state index in [2.05, 4.69) is 105 Å². The molecule has 0 aromatic heterocycles. The van der Waals surface area contributed by atoms with E-state index < -0.39 is 0 Å². The Kier molecular flexibility index (Phi) is 5.86. The van der Waals surface area contributed by atoms with E-state index in [9.17, 15) is 0 Å². The van der Waals surface area contributed by atoms with Crippen LogP contribution >= 0.6 is 0 Å². The van der Waals surface area contributed by atoms with Crippen molar-refractivity contribution < 1.29 is 0 Å². The molecule has 0 spiro atoms. The van der Waals surface area contributed by atoms with E-state index in [1.54, 1.807) is 0 Å². The predicted octanol–water partition coefficient (Wildman–Crippen LogP) is 6.94. The molecule has 0 saturated carbocycles. The first kappa shape index (κ1) is 17.9. The van der Waals surface area contributed by atoms with Gasteiger partial charge in [-0.25, -0.2) is 0 Å². The Hall–Kier alpha value is -2.86. The van der Waals surface area contributed by atoms with Crippen molar-refractivity contribution in [3.05, 3.63) is 132 Å². The topological polar surface area (TPSA) is 0 Å².